The van der Waals surface area contributed by atoms with E-state index in [-0.39, 0.29) is 73.4 Å². The van der Waals surface area contributed by atoms with Crippen molar-refractivity contribution in [1.82, 2.24) is 5.06 Å². The molecule has 0 radical (unpaired) electrons. The Hall–Kier alpha value is 1.25. The summed E-state index contributed by atoms with van der Waals surface area (Å²) in [5.41, 5.74) is 0. The van der Waals surface area contributed by atoms with Crippen molar-refractivity contribution in [3.63, 3.8) is 0 Å². The van der Waals surface area contributed by atoms with E-state index in [1.807, 2.05) is 0 Å². The van der Waals surface area contributed by atoms with E-state index in [2.05, 4.69) is 0 Å². The SMILES string of the molecule is O=CN(O)CC(=O)CP(=O)(O)O.[H-].[H-].[Na+].[Na+]. The van der Waals surface area contributed by atoms with Gasteiger partial charge in [0.1, 0.15) is 12.7 Å². The third-order valence-electron chi connectivity index (χ3n) is 0.842. The Morgan fingerprint density at radius 3 is 2.14 bits per heavy atom. The van der Waals surface area contributed by atoms with Crippen LogP contribution in [-0.4, -0.2) is 45.0 Å². The molecule has 0 bridgehead atoms. The van der Waals surface area contributed by atoms with Gasteiger partial charge in [-0.15, -0.1) is 0 Å². The summed E-state index contributed by atoms with van der Waals surface area (Å²) in [6.07, 6.45) is -1.00. The molecule has 0 heterocycles. The van der Waals surface area contributed by atoms with Crippen LogP contribution in [0.4, 0.5) is 0 Å². The molecule has 0 atom stereocenters. The van der Waals surface area contributed by atoms with Crippen molar-refractivity contribution < 1.29 is 91.1 Å². The number of Topliss-reactive ketones (excluding diaryl/α,β-unsaturated/α-hetero) is 1. The summed E-state index contributed by atoms with van der Waals surface area (Å²) in [5.74, 6) is -0.905. The molecule has 7 nitrogen and oxygen atoms in total. The normalized spacial score (nSPS) is 9.36. The molecule has 0 aromatic heterocycles. The van der Waals surface area contributed by atoms with Gasteiger partial charge in [-0.05, 0) is 0 Å². The average Bonchev–Trinajstić information content (AvgIpc) is 1.82. The van der Waals surface area contributed by atoms with Gasteiger partial charge in [0.25, 0.3) is 0 Å². The van der Waals surface area contributed by atoms with Crippen molar-refractivity contribution in [2.45, 2.75) is 0 Å². The second-order valence-corrected chi connectivity index (χ2v) is 3.71. The monoisotopic (exact) mass is 245 g/mol. The molecule has 3 N–H and O–H groups in total. The van der Waals surface area contributed by atoms with Gasteiger partial charge in [-0.1, -0.05) is 0 Å². The molecule has 0 aliphatic rings. The smallest absolute Gasteiger partial charge is 1.00 e. The molecule has 14 heavy (non-hydrogen) atoms. The van der Waals surface area contributed by atoms with Crippen LogP contribution in [-0.2, 0) is 14.2 Å². The van der Waals surface area contributed by atoms with Crippen molar-refractivity contribution in [3.05, 3.63) is 0 Å². The number of hydrogen-bond acceptors (Lipinski definition) is 4. The van der Waals surface area contributed by atoms with Crippen LogP contribution in [0.25, 0.3) is 0 Å². The van der Waals surface area contributed by atoms with E-state index < -0.39 is 26.1 Å². The maximum absolute atomic E-state index is 10.6. The van der Waals surface area contributed by atoms with E-state index in [4.69, 9.17) is 15.0 Å². The van der Waals surface area contributed by atoms with Gasteiger partial charge >= 0.3 is 66.7 Å². The first kappa shape index (κ1) is 20.6. The molecule has 0 aromatic carbocycles. The topological polar surface area (TPSA) is 115 Å². The van der Waals surface area contributed by atoms with E-state index in [1.54, 1.807) is 0 Å². The predicted octanol–water partition coefficient (Wildman–Crippen LogP) is -7.19. The minimum Gasteiger partial charge on any atom is -1.00 e. The molecule has 1 amide bonds. The van der Waals surface area contributed by atoms with Crippen LogP contribution in [0, 0.1) is 0 Å². The maximum atomic E-state index is 10.6. The molecule has 0 rings (SSSR count). The number of carbonyl (C=O) groups excluding carboxylic acids is 2. The van der Waals surface area contributed by atoms with E-state index >= 15 is 0 Å². The number of amides is 1. The van der Waals surface area contributed by atoms with Crippen LogP contribution in [0.1, 0.15) is 2.85 Å². The molecule has 10 heteroatoms. The van der Waals surface area contributed by atoms with Crippen molar-refractivity contribution >= 4 is 19.8 Å². The zero-order valence-corrected chi connectivity index (χ0v) is 12.8. The molecular weight excluding hydrogens is 235 g/mol. The molecule has 0 spiro atoms. The van der Waals surface area contributed by atoms with Gasteiger partial charge in [0, 0.05) is 0 Å². The molecule has 0 saturated heterocycles. The summed E-state index contributed by atoms with van der Waals surface area (Å²) < 4.78 is 10.2. The molecular formula is C4H10NNa2O6P. The van der Waals surface area contributed by atoms with Gasteiger partial charge in [0.05, 0.1) is 0 Å². The first-order chi connectivity index (χ1) is 5.35. The number of ketones is 1. The zero-order valence-electron chi connectivity index (χ0n) is 9.95. The summed E-state index contributed by atoms with van der Waals surface area (Å²) in [6.45, 7) is -0.714. The van der Waals surface area contributed by atoms with Crippen LogP contribution < -0.4 is 59.1 Å². The zero-order chi connectivity index (χ0) is 9.78. The third kappa shape index (κ3) is 13.2. The van der Waals surface area contributed by atoms with Crippen molar-refractivity contribution in [2.75, 3.05) is 12.7 Å². The number of nitrogens with zero attached hydrogens (tertiary/aromatic N) is 1. The number of carbonyl (C=O) groups is 2. The standard InChI is InChI=1S/C4H8NO6P.2Na.2H/c6-3-5(8)1-4(7)2-12(9,10)11;;;;/h3,8H,1-2H2,(H2,9,10,11);;;;/q;2*+1;2*-1. The van der Waals surface area contributed by atoms with Gasteiger partial charge < -0.3 is 12.6 Å². The van der Waals surface area contributed by atoms with Gasteiger partial charge in [0.2, 0.25) is 6.41 Å². The van der Waals surface area contributed by atoms with E-state index in [9.17, 15) is 14.2 Å². The summed E-state index contributed by atoms with van der Waals surface area (Å²) >= 11 is 0. The van der Waals surface area contributed by atoms with Gasteiger partial charge in [0.15, 0.2) is 5.78 Å². The Kier molecular flexibility index (Phi) is 14.0. The molecule has 0 aliphatic heterocycles. The fourth-order valence-electron chi connectivity index (χ4n) is 0.498. The van der Waals surface area contributed by atoms with E-state index in [1.165, 1.54) is 0 Å². The maximum Gasteiger partial charge on any atom is 1.00 e. The Morgan fingerprint density at radius 2 is 1.86 bits per heavy atom. The van der Waals surface area contributed by atoms with Crippen LogP contribution in [0.3, 0.4) is 0 Å². The third-order valence-corrected chi connectivity index (χ3v) is 1.61. The van der Waals surface area contributed by atoms with Crippen LogP contribution in [0.15, 0.2) is 0 Å². The second-order valence-electron chi connectivity index (χ2n) is 2.06. The second kappa shape index (κ2) is 9.47. The van der Waals surface area contributed by atoms with E-state index in [0.29, 0.717) is 0 Å². The summed E-state index contributed by atoms with van der Waals surface area (Å²) in [7, 11) is -4.39. The molecule has 0 aromatic rings. The molecule has 0 aliphatic carbocycles. The minimum absolute atomic E-state index is 0. The first-order valence-corrected chi connectivity index (χ1v) is 4.62. The van der Waals surface area contributed by atoms with Crippen molar-refractivity contribution in [1.29, 1.82) is 0 Å². The average molecular weight is 245 g/mol. The Balaban J connectivity index is -0.000000101. The number of rotatable bonds is 5. The number of hydrogen-bond donors (Lipinski definition) is 3. The molecule has 0 fully saturated rings. The number of hydroxylamine groups is 2. The van der Waals surface area contributed by atoms with Crippen LogP contribution in [0.2, 0.25) is 0 Å². The summed E-state index contributed by atoms with van der Waals surface area (Å²) in [6, 6.07) is 0. The first-order valence-electron chi connectivity index (χ1n) is 2.82. The summed E-state index contributed by atoms with van der Waals surface area (Å²) in [4.78, 5) is 36.9. The fourth-order valence-corrected chi connectivity index (χ4v) is 1.06. The van der Waals surface area contributed by atoms with Gasteiger partial charge in [-0.25, -0.2) is 5.06 Å². The minimum atomic E-state index is -4.39. The molecule has 74 valence electrons. The fraction of sp³-hybridized carbons (Fsp3) is 0.500. The van der Waals surface area contributed by atoms with Crippen molar-refractivity contribution in [3.8, 4) is 0 Å². The van der Waals surface area contributed by atoms with Gasteiger partial charge in [-0.2, -0.15) is 0 Å². The molecule has 0 unspecified atom stereocenters. The predicted molar refractivity (Wildman–Crippen MR) is 38.7 cm³/mol. The van der Waals surface area contributed by atoms with Crippen LogP contribution >= 0.6 is 7.60 Å². The Bertz CT molecular complexity index is 239. The molecule has 0 saturated carbocycles. The van der Waals surface area contributed by atoms with Crippen molar-refractivity contribution in [2.24, 2.45) is 0 Å². The van der Waals surface area contributed by atoms with Gasteiger partial charge in [-0.3, -0.25) is 19.4 Å². The largest absolute Gasteiger partial charge is 1.00 e. The Morgan fingerprint density at radius 1 is 1.43 bits per heavy atom. The van der Waals surface area contributed by atoms with Crippen LogP contribution in [0.5, 0.6) is 0 Å². The quantitative estimate of drug-likeness (QED) is 0.146. The summed E-state index contributed by atoms with van der Waals surface area (Å²) in [5, 5.41) is 8.43. The van der Waals surface area contributed by atoms with E-state index in [0.717, 1.165) is 0 Å². The Labute approximate surface area is 128 Å².